The van der Waals surface area contributed by atoms with Crippen LogP contribution in [0.25, 0.3) is 0 Å². The molecule has 2 heterocycles. The number of ether oxygens (including phenoxy) is 1. The predicted molar refractivity (Wildman–Crippen MR) is 54.8 cm³/mol. The van der Waals surface area contributed by atoms with Crippen LogP contribution < -0.4 is 5.32 Å². The fourth-order valence-corrected chi connectivity index (χ4v) is 1.76. The molecular weight excluding hydrogens is 194 g/mol. The number of hydrogen-bond donors (Lipinski definition) is 1. The summed E-state index contributed by atoms with van der Waals surface area (Å²) in [6, 6.07) is 0. The first kappa shape index (κ1) is 10.2. The van der Waals surface area contributed by atoms with Crippen LogP contribution in [0.4, 0.5) is 0 Å². The number of fused-ring (bicyclic) bond motifs is 1. The first-order valence-electron chi connectivity index (χ1n) is 5.24. The smallest absolute Gasteiger partial charge is 0.358 e. The lowest BCUT2D eigenvalue weighted by Gasteiger charge is -2.03. The van der Waals surface area contributed by atoms with Crippen molar-refractivity contribution in [2.45, 2.75) is 19.9 Å². The zero-order valence-electron chi connectivity index (χ0n) is 8.82. The number of aromatic nitrogens is 2. The number of carbonyl (C=O) groups is 1. The van der Waals surface area contributed by atoms with E-state index in [0.29, 0.717) is 12.3 Å². The minimum Gasteiger partial charge on any atom is -0.461 e. The molecule has 1 aromatic heterocycles. The Hall–Kier alpha value is -1.36. The van der Waals surface area contributed by atoms with Crippen LogP contribution in [-0.4, -0.2) is 35.2 Å². The third kappa shape index (κ3) is 2.02. The monoisotopic (exact) mass is 209 g/mol. The third-order valence-electron chi connectivity index (χ3n) is 2.48. The normalized spacial score (nSPS) is 15.5. The highest BCUT2D eigenvalue weighted by molar-refractivity contribution is 5.88. The first-order chi connectivity index (χ1) is 7.33. The van der Waals surface area contributed by atoms with Crippen molar-refractivity contribution < 1.29 is 9.53 Å². The highest BCUT2D eigenvalue weighted by Crippen LogP contribution is 2.11. The molecule has 1 aliphatic rings. The van der Waals surface area contributed by atoms with Crippen LogP contribution in [0.5, 0.6) is 0 Å². The van der Waals surface area contributed by atoms with Gasteiger partial charge in [-0.1, -0.05) is 0 Å². The van der Waals surface area contributed by atoms with Gasteiger partial charge in [-0.2, -0.15) is 0 Å². The van der Waals surface area contributed by atoms with Gasteiger partial charge in [-0.15, -0.1) is 0 Å². The summed E-state index contributed by atoms with van der Waals surface area (Å²) in [6.45, 7) is 4.86. The average molecular weight is 209 g/mol. The number of esters is 1. The molecule has 0 spiro atoms. The molecule has 5 heteroatoms. The average Bonchev–Trinajstić information content (AvgIpc) is 2.48. The third-order valence-corrected chi connectivity index (χ3v) is 2.48. The Morgan fingerprint density at radius 3 is 3.33 bits per heavy atom. The standard InChI is InChI=1S/C10H15N3O2/c1-2-15-10(14)9-8-3-4-11-5-6-13(8)7-12-9/h7,11H,2-6H2,1H3. The Balaban J connectivity index is 2.25. The number of nitrogens with one attached hydrogen (secondary N) is 1. The van der Waals surface area contributed by atoms with E-state index in [0.717, 1.165) is 31.7 Å². The number of nitrogens with zero attached hydrogens (tertiary/aromatic N) is 2. The molecule has 0 radical (unpaired) electrons. The molecule has 15 heavy (non-hydrogen) atoms. The molecule has 82 valence electrons. The summed E-state index contributed by atoms with van der Waals surface area (Å²) in [5, 5.41) is 3.28. The summed E-state index contributed by atoms with van der Waals surface area (Å²) >= 11 is 0. The molecule has 0 fully saturated rings. The van der Waals surface area contributed by atoms with Crippen molar-refractivity contribution in [3.63, 3.8) is 0 Å². The Morgan fingerprint density at radius 2 is 2.53 bits per heavy atom. The zero-order chi connectivity index (χ0) is 10.7. The van der Waals surface area contributed by atoms with Crippen LogP contribution in [-0.2, 0) is 17.7 Å². The molecule has 0 saturated carbocycles. The highest BCUT2D eigenvalue weighted by atomic mass is 16.5. The van der Waals surface area contributed by atoms with Crippen LogP contribution in [0.1, 0.15) is 23.1 Å². The van der Waals surface area contributed by atoms with E-state index in [1.54, 1.807) is 13.3 Å². The first-order valence-corrected chi connectivity index (χ1v) is 5.24. The molecule has 0 aromatic carbocycles. The second-order valence-electron chi connectivity index (χ2n) is 3.45. The summed E-state index contributed by atoms with van der Waals surface area (Å²) in [5.41, 5.74) is 1.46. The van der Waals surface area contributed by atoms with E-state index in [-0.39, 0.29) is 5.97 Å². The summed E-state index contributed by atoms with van der Waals surface area (Å²) in [6.07, 6.45) is 2.54. The van der Waals surface area contributed by atoms with Gasteiger partial charge in [0, 0.05) is 26.1 Å². The number of hydrogen-bond acceptors (Lipinski definition) is 4. The molecule has 0 aliphatic carbocycles. The highest BCUT2D eigenvalue weighted by Gasteiger charge is 2.19. The maximum atomic E-state index is 11.6. The summed E-state index contributed by atoms with van der Waals surface area (Å²) in [7, 11) is 0. The molecule has 1 aliphatic heterocycles. The number of carbonyl (C=O) groups excluding carboxylic acids is 1. The Bertz CT molecular complexity index is 360. The van der Waals surface area contributed by atoms with Crippen molar-refractivity contribution in [2.75, 3.05) is 19.7 Å². The van der Waals surface area contributed by atoms with Gasteiger partial charge in [-0.25, -0.2) is 9.78 Å². The van der Waals surface area contributed by atoms with Crippen molar-refractivity contribution in [2.24, 2.45) is 0 Å². The summed E-state index contributed by atoms with van der Waals surface area (Å²) < 4.78 is 6.98. The van der Waals surface area contributed by atoms with Crippen molar-refractivity contribution >= 4 is 5.97 Å². The topological polar surface area (TPSA) is 56.1 Å². The van der Waals surface area contributed by atoms with E-state index in [9.17, 15) is 4.79 Å². The van der Waals surface area contributed by atoms with E-state index >= 15 is 0 Å². The van der Waals surface area contributed by atoms with Gasteiger partial charge in [-0.05, 0) is 6.92 Å². The molecule has 1 N–H and O–H groups in total. The van der Waals surface area contributed by atoms with Crippen molar-refractivity contribution in [1.82, 2.24) is 14.9 Å². The lowest BCUT2D eigenvalue weighted by atomic mass is 10.2. The van der Waals surface area contributed by atoms with E-state index in [2.05, 4.69) is 10.3 Å². The fourth-order valence-electron chi connectivity index (χ4n) is 1.76. The van der Waals surface area contributed by atoms with Gasteiger partial charge in [0.25, 0.3) is 0 Å². The lowest BCUT2D eigenvalue weighted by Crippen LogP contribution is -2.17. The SMILES string of the molecule is CCOC(=O)c1ncn2c1CCNCC2. The van der Waals surface area contributed by atoms with E-state index in [4.69, 9.17) is 4.74 Å². The maximum Gasteiger partial charge on any atom is 0.358 e. The summed E-state index contributed by atoms with van der Waals surface area (Å²) in [5.74, 6) is -0.312. The van der Waals surface area contributed by atoms with Gasteiger partial charge in [0.05, 0.1) is 18.6 Å². The molecule has 1 aromatic rings. The number of rotatable bonds is 2. The van der Waals surface area contributed by atoms with E-state index < -0.39 is 0 Å². The predicted octanol–water partition coefficient (Wildman–Crippen LogP) is 0.205. The molecule has 0 saturated heterocycles. The number of imidazole rings is 1. The van der Waals surface area contributed by atoms with Crippen LogP contribution >= 0.6 is 0 Å². The van der Waals surface area contributed by atoms with Gasteiger partial charge in [0.2, 0.25) is 0 Å². The second-order valence-corrected chi connectivity index (χ2v) is 3.45. The largest absolute Gasteiger partial charge is 0.461 e. The second kappa shape index (κ2) is 4.44. The van der Waals surface area contributed by atoms with Gasteiger partial charge in [0.15, 0.2) is 5.69 Å². The van der Waals surface area contributed by atoms with E-state index in [1.807, 2.05) is 4.57 Å². The molecule has 0 unspecified atom stereocenters. The van der Waals surface area contributed by atoms with Crippen LogP contribution in [0.15, 0.2) is 6.33 Å². The van der Waals surface area contributed by atoms with Crippen LogP contribution in [0.2, 0.25) is 0 Å². The molecule has 0 bridgehead atoms. The molecule has 0 atom stereocenters. The van der Waals surface area contributed by atoms with Gasteiger partial charge >= 0.3 is 5.97 Å². The zero-order valence-corrected chi connectivity index (χ0v) is 8.82. The minimum absolute atomic E-state index is 0.312. The molecule has 2 rings (SSSR count). The maximum absolute atomic E-state index is 11.6. The van der Waals surface area contributed by atoms with Crippen molar-refractivity contribution in [1.29, 1.82) is 0 Å². The fraction of sp³-hybridized carbons (Fsp3) is 0.600. The van der Waals surface area contributed by atoms with Gasteiger partial charge in [-0.3, -0.25) is 0 Å². The van der Waals surface area contributed by atoms with Gasteiger partial charge in [0.1, 0.15) is 0 Å². The van der Waals surface area contributed by atoms with Crippen molar-refractivity contribution in [3.05, 3.63) is 17.7 Å². The van der Waals surface area contributed by atoms with Gasteiger partial charge < -0.3 is 14.6 Å². The Labute approximate surface area is 88.4 Å². The Morgan fingerprint density at radius 1 is 1.67 bits per heavy atom. The minimum atomic E-state index is -0.312. The molecule has 5 nitrogen and oxygen atoms in total. The molecular formula is C10H15N3O2. The van der Waals surface area contributed by atoms with Crippen LogP contribution in [0, 0.1) is 0 Å². The Kier molecular flexibility index (Phi) is 3.01. The summed E-state index contributed by atoms with van der Waals surface area (Å²) in [4.78, 5) is 15.7. The van der Waals surface area contributed by atoms with Crippen molar-refractivity contribution in [3.8, 4) is 0 Å². The lowest BCUT2D eigenvalue weighted by molar-refractivity contribution is 0.0518. The quantitative estimate of drug-likeness (QED) is 0.707. The van der Waals surface area contributed by atoms with Crippen LogP contribution in [0.3, 0.4) is 0 Å². The molecule has 0 amide bonds. The van der Waals surface area contributed by atoms with E-state index in [1.165, 1.54) is 0 Å².